The van der Waals surface area contributed by atoms with Gasteiger partial charge in [-0.15, -0.1) is 11.3 Å². The second kappa shape index (κ2) is 2.91. The number of carbonyl (C=O) groups excluding carboxylic acids is 1. The summed E-state index contributed by atoms with van der Waals surface area (Å²) < 4.78 is 1.02. The van der Waals surface area contributed by atoms with Crippen LogP contribution in [0.4, 0.5) is 0 Å². The fourth-order valence-electron chi connectivity index (χ4n) is 0.580. The number of ketones is 1. The van der Waals surface area contributed by atoms with Crippen molar-refractivity contribution < 1.29 is 4.79 Å². The fourth-order valence-corrected chi connectivity index (χ4v) is 2.14. The highest BCUT2D eigenvalue weighted by atomic mass is 35.5. The quantitative estimate of drug-likeness (QED) is 0.628. The van der Waals surface area contributed by atoms with Gasteiger partial charge in [-0.25, -0.2) is 0 Å². The van der Waals surface area contributed by atoms with Gasteiger partial charge < -0.3 is 0 Å². The van der Waals surface area contributed by atoms with Gasteiger partial charge in [0.25, 0.3) is 0 Å². The van der Waals surface area contributed by atoms with Crippen LogP contribution in [0.2, 0.25) is 8.67 Å². The zero-order chi connectivity index (χ0) is 7.72. The Morgan fingerprint density at radius 1 is 1.60 bits per heavy atom. The average molecular weight is 195 g/mol. The standard InChI is InChI=1S/C6H4Cl2OS/c1-3(9)4-2-5(7)10-6(4)8/h2H,1H3. The van der Waals surface area contributed by atoms with Crippen molar-refractivity contribution in [2.75, 3.05) is 0 Å². The summed E-state index contributed by atoms with van der Waals surface area (Å²) in [4.78, 5) is 10.7. The summed E-state index contributed by atoms with van der Waals surface area (Å²) in [5.41, 5.74) is 0.511. The second-order valence-corrected chi connectivity index (χ2v) is 4.08. The van der Waals surface area contributed by atoms with Crippen LogP contribution in [0, 0.1) is 0 Å². The van der Waals surface area contributed by atoms with Gasteiger partial charge in [-0.2, -0.15) is 0 Å². The molecular weight excluding hydrogens is 191 g/mol. The Morgan fingerprint density at radius 3 is 2.40 bits per heavy atom. The fraction of sp³-hybridized carbons (Fsp3) is 0.167. The van der Waals surface area contributed by atoms with Crippen LogP contribution in [0.1, 0.15) is 17.3 Å². The zero-order valence-corrected chi connectivity index (χ0v) is 7.48. The van der Waals surface area contributed by atoms with Crippen LogP contribution in [0.3, 0.4) is 0 Å². The first-order valence-electron chi connectivity index (χ1n) is 2.57. The summed E-state index contributed by atoms with van der Waals surface area (Å²) in [6, 6.07) is 1.58. The van der Waals surface area contributed by atoms with E-state index < -0.39 is 0 Å². The van der Waals surface area contributed by atoms with Crippen LogP contribution in [-0.4, -0.2) is 5.78 Å². The molecule has 0 aliphatic carbocycles. The van der Waals surface area contributed by atoms with E-state index in [-0.39, 0.29) is 5.78 Å². The van der Waals surface area contributed by atoms with E-state index in [2.05, 4.69) is 0 Å². The maximum atomic E-state index is 10.7. The highest BCUT2D eigenvalue weighted by Gasteiger charge is 2.08. The topological polar surface area (TPSA) is 17.1 Å². The first kappa shape index (κ1) is 8.05. The van der Waals surface area contributed by atoms with Crippen molar-refractivity contribution in [3.8, 4) is 0 Å². The highest BCUT2D eigenvalue weighted by molar-refractivity contribution is 7.20. The van der Waals surface area contributed by atoms with Gasteiger partial charge in [-0.05, 0) is 13.0 Å². The Labute approximate surface area is 72.6 Å². The molecule has 1 aromatic rings. The Hall–Kier alpha value is -0.0500. The molecule has 0 aliphatic heterocycles. The summed E-state index contributed by atoms with van der Waals surface area (Å²) in [6.45, 7) is 1.46. The third kappa shape index (κ3) is 1.51. The van der Waals surface area contributed by atoms with Gasteiger partial charge in [0.2, 0.25) is 0 Å². The minimum atomic E-state index is -0.0480. The van der Waals surface area contributed by atoms with E-state index in [1.807, 2.05) is 0 Å². The highest BCUT2D eigenvalue weighted by Crippen LogP contribution is 2.31. The number of Topliss-reactive ketones (excluding diaryl/α,β-unsaturated/α-hetero) is 1. The summed E-state index contributed by atoms with van der Waals surface area (Å²) in [5, 5.41) is 0. The van der Waals surface area contributed by atoms with Crippen LogP contribution in [0.25, 0.3) is 0 Å². The van der Waals surface area contributed by atoms with Gasteiger partial charge in [0, 0.05) is 5.56 Å². The van der Waals surface area contributed by atoms with E-state index in [4.69, 9.17) is 23.2 Å². The van der Waals surface area contributed by atoms with E-state index in [0.717, 1.165) is 0 Å². The van der Waals surface area contributed by atoms with Crippen molar-refractivity contribution in [3.63, 3.8) is 0 Å². The lowest BCUT2D eigenvalue weighted by molar-refractivity contribution is 0.101. The minimum Gasteiger partial charge on any atom is -0.294 e. The molecule has 0 spiro atoms. The third-order valence-electron chi connectivity index (χ3n) is 1.04. The van der Waals surface area contributed by atoms with Crippen molar-refractivity contribution in [1.29, 1.82) is 0 Å². The lowest BCUT2D eigenvalue weighted by atomic mass is 10.2. The zero-order valence-electron chi connectivity index (χ0n) is 5.15. The van der Waals surface area contributed by atoms with E-state index >= 15 is 0 Å². The predicted octanol–water partition coefficient (Wildman–Crippen LogP) is 3.26. The molecule has 0 aromatic carbocycles. The number of thiophene rings is 1. The Bertz CT molecular complexity index is 267. The molecule has 1 heterocycles. The van der Waals surface area contributed by atoms with Gasteiger partial charge in [0.1, 0.15) is 4.34 Å². The second-order valence-electron chi connectivity index (χ2n) is 1.79. The van der Waals surface area contributed by atoms with Crippen LogP contribution in [0.5, 0.6) is 0 Å². The molecule has 0 unspecified atom stereocenters. The third-order valence-corrected chi connectivity index (χ3v) is 2.52. The number of halogens is 2. The maximum Gasteiger partial charge on any atom is 0.162 e. The van der Waals surface area contributed by atoms with Crippen molar-refractivity contribution in [2.45, 2.75) is 6.92 Å². The van der Waals surface area contributed by atoms with Gasteiger partial charge in [0.05, 0.1) is 4.34 Å². The van der Waals surface area contributed by atoms with Gasteiger partial charge >= 0.3 is 0 Å². The predicted molar refractivity (Wildman–Crippen MR) is 44.3 cm³/mol. The molecule has 0 bridgehead atoms. The van der Waals surface area contributed by atoms with Gasteiger partial charge in [-0.1, -0.05) is 23.2 Å². The average Bonchev–Trinajstić information content (AvgIpc) is 2.10. The summed E-state index contributed by atoms with van der Waals surface area (Å²) in [5.74, 6) is -0.0480. The molecule has 1 aromatic heterocycles. The SMILES string of the molecule is CC(=O)c1cc(Cl)sc1Cl. The molecule has 0 fully saturated rings. The molecule has 0 saturated carbocycles. The van der Waals surface area contributed by atoms with Crippen molar-refractivity contribution in [1.82, 2.24) is 0 Å². The lowest BCUT2D eigenvalue weighted by Crippen LogP contribution is -1.87. The minimum absolute atomic E-state index is 0.0480. The summed E-state index contributed by atoms with van der Waals surface area (Å²) in [6.07, 6.45) is 0. The van der Waals surface area contributed by atoms with Crippen LogP contribution in [0.15, 0.2) is 6.07 Å². The number of rotatable bonds is 1. The maximum absolute atomic E-state index is 10.7. The number of hydrogen-bond acceptors (Lipinski definition) is 2. The van der Waals surface area contributed by atoms with E-state index in [1.54, 1.807) is 6.07 Å². The van der Waals surface area contributed by atoms with Crippen LogP contribution < -0.4 is 0 Å². The first-order chi connectivity index (χ1) is 4.61. The van der Waals surface area contributed by atoms with E-state index in [1.165, 1.54) is 18.3 Å². The normalized spacial score (nSPS) is 9.90. The van der Waals surface area contributed by atoms with Crippen molar-refractivity contribution >= 4 is 40.3 Å². The van der Waals surface area contributed by atoms with Crippen molar-refractivity contribution in [2.24, 2.45) is 0 Å². The molecule has 4 heteroatoms. The Morgan fingerprint density at radius 2 is 2.20 bits per heavy atom. The molecule has 10 heavy (non-hydrogen) atoms. The van der Waals surface area contributed by atoms with E-state index in [0.29, 0.717) is 14.2 Å². The molecule has 54 valence electrons. The van der Waals surface area contributed by atoms with Crippen molar-refractivity contribution in [3.05, 3.63) is 20.3 Å². The van der Waals surface area contributed by atoms with Gasteiger partial charge in [-0.3, -0.25) is 4.79 Å². The molecule has 0 aliphatic rings. The lowest BCUT2D eigenvalue weighted by Gasteiger charge is -1.85. The monoisotopic (exact) mass is 194 g/mol. The smallest absolute Gasteiger partial charge is 0.162 e. The van der Waals surface area contributed by atoms with E-state index in [9.17, 15) is 4.79 Å². The molecule has 0 N–H and O–H groups in total. The molecule has 1 nitrogen and oxygen atoms in total. The molecule has 0 amide bonds. The molecule has 0 saturated heterocycles. The number of hydrogen-bond donors (Lipinski definition) is 0. The largest absolute Gasteiger partial charge is 0.294 e. The van der Waals surface area contributed by atoms with Crippen LogP contribution in [-0.2, 0) is 0 Å². The number of carbonyl (C=O) groups is 1. The molecular formula is C6H4Cl2OS. The summed E-state index contributed by atoms with van der Waals surface area (Å²) >= 11 is 12.5. The molecule has 0 radical (unpaired) electrons. The van der Waals surface area contributed by atoms with Crippen LogP contribution >= 0.6 is 34.5 Å². The molecule has 1 rings (SSSR count). The summed E-state index contributed by atoms with van der Waals surface area (Å²) in [7, 11) is 0. The first-order valence-corrected chi connectivity index (χ1v) is 4.14. The molecule has 0 atom stereocenters. The Balaban J connectivity index is 3.15. The Kier molecular flexibility index (Phi) is 2.34. The van der Waals surface area contributed by atoms with Gasteiger partial charge in [0.15, 0.2) is 5.78 Å².